The lowest BCUT2D eigenvalue weighted by molar-refractivity contribution is 0.564. The monoisotopic (exact) mass is 116 g/mol. The maximum atomic E-state index is 11.8. The van der Waals surface area contributed by atoms with Crippen molar-refractivity contribution >= 4 is 0 Å². The van der Waals surface area contributed by atoms with Crippen LogP contribution in [0.4, 0.5) is 4.39 Å². The van der Waals surface area contributed by atoms with Crippen molar-refractivity contribution in [3.8, 4) is 0 Å². The first kappa shape index (κ1) is 7.67. The van der Waals surface area contributed by atoms with Crippen LogP contribution >= 0.6 is 0 Å². The molecule has 0 aromatic carbocycles. The Morgan fingerprint density at radius 1 is 1.50 bits per heavy atom. The SMILES string of the molecule is C=C(F)CCCCC. The molecule has 0 radical (unpaired) electrons. The molecule has 0 aromatic heterocycles. The van der Waals surface area contributed by atoms with Crippen LogP contribution in [-0.2, 0) is 0 Å². The minimum Gasteiger partial charge on any atom is -0.212 e. The average molecular weight is 116 g/mol. The van der Waals surface area contributed by atoms with Gasteiger partial charge in [0.25, 0.3) is 0 Å². The number of halogens is 1. The summed E-state index contributed by atoms with van der Waals surface area (Å²) in [6.07, 6.45) is 3.76. The van der Waals surface area contributed by atoms with Gasteiger partial charge in [-0.2, -0.15) is 0 Å². The fraction of sp³-hybridized carbons (Fsp3) is 0.714. The first-order chi connectivity index (χ1) is 3.77. The highest BCUT2D eigenvalue weighted by Crippen LogP contribution is 2.06. The minimum atomic E-state index is -0.182. The summed E-state index contributed by atoms with van der Waals surface area (Å²) in [5.41, 5.74) is 0. The van der Waals surface area contributed by atoms with Crippen LogP contribution in [-0.4, -0.2) is 0 Å². The fourth-order valence-electron chi connectivity index (χ4n) is 0.567. The Morgan fingerprint density at radius 2 is 2.12 bits per heavy atom. The number of hydrogen-bond acceptors (Lipinski definition) is 0. The molecule has 0 bridgehead atoms. The summed E-state index contributed by atoms with van der Waals surface area (Å²) in [6.45, 7) is 5.26. The van der Waals surface area contributed by atoms with E-state index in [0.717, 1.165) is 19.3 Å². The third-order valence-corrected chi connectivity index (χ3v) is 1.05. The Labute approximate surface area is 50.4 Å². The van der Waals surface area contributed by atoms with E-state index in [1.807, 2.05) is 0 Å². The lowest BCUT2D eigenvalue weighted by atomic mass is 10.2. The van der Waals surface area contributed by atoms with Gasteiger partial charge in [0.05, 0.1) is 5.83 Å². The molecular formula is C7H13F. The lowest BCUT2D eigenvalue weighted by Crippen LogP contribution is -1.73. The van der Waals surface area contributed by atoms with Crippen LogP contribution < -0.4 is 0 Å². The third kappa shape index (κ3) is 5.67. The van der Waals surface area contributed by atoms with E-state index in [1.165, 1.54) is 0 Å². The molecule has 0 fully saturated rings. The summed E-state index contributed by atoms with van der Waals surface area (Å²) >= 11 is 0. The highest BCUT2D eigenvalue weighted by Gasteiger charge is 1.88. The van der Waals surface area contributed by atoms with E-state index in [1.54, 1.807) is 0 Å². The Kier molecular flexibility index (Phi) is 4.62. The zero-order valence-electron chi connectivity index (χ0n) is 5.41. The number of hydrogen-bond donors (Lipinski definition) is 0. The summed E-state index contributed by atoms with van der Waals surface area (Å²) in [5, 5.41) is 0. The highest BCUT2D eigenvalue weighted by molar-refractivity contribution is 4.78. The number of allylic oxidation sites excluding steroid dienone is 1. The van der Waals surface area contributed by atoms with Crippen LogP contribution in [0.2, 0.25) is 0 Å². The largest absolute Gasteiger partial charge is 0.212 e. The predicted octanol–water partition coefficient (Wildman–Crippen LogP) is 3.05. The molecular weight excluding hydrogens is 103 g/mol. The summed E-state index contributed by atoms with van der Waals surface area (Å²) in [7, 11) is 0. The molecule has 0 nitrogen and oxygen atoms in total. The van der Waals surface area contributed by atoms with Crippen molar-refractivity contribution in [3.63, 3.8) is 0 Å². The Balaban J connectivity index is 2.82. The van der Waals surface area contributed by atoms with Gasteiger partial charge in [-0.1, -0.05) is 26.3 Å². The molecule has 0 unspecified atom stereocenters. The topological polar surface area (TPSA) is 0 Å². The fourth-order valence-corrected chi connectivity index (χ4v) is 0.567. The predicted molar refractivity (Wildman–Crippen MR) is 34.4 cm³/mol. The van der Waals surface area contributed by atoms with Gasteiger partial charge in [-0.3, -0.25) is 0 Å². The molecule has 0 amide bonds. The van der Waals surface area contributed by atoms with Gasteiger partial charge in [-0.25, -0.2) is 4.39 Å². The second kappa shape index (κ2) is 4.82. The lowest BCUT2D eigenvalue weighted by Gasteiger charge is -1.91. The Bertz CT molecular complexity index is 66.8. The first-order valence-corrected chi connectivity index (χ1v) is 3.10. The van der Waals surface area contributed by atoms with Crippen molar-refractivity contribution in [2.75, 3.05) is 0 Å². The van der Waals surface area contributed by atoms with Crippen LogP contribution in [0, 0.1) is 0 Å². The molecule has 0 rings (SSSR count). The van der Waals surface area contributed by atoms with Crippen molar-refractivity contribution < 1.29 is 4.39 Å². The van der Waals surface area contributed by atoms with Gasteiger partial charge in [0.2, 0.25) is 0 Å². The summed E-state index contributed by atoms with van der Waals surface area (Å²) in [5.74, 6) is -0.182. The van der Waals surface area contributed by atoms with Crippen molar-refractivity contribution in [3.05, 3.63) is 12.4 Å². The van der Waals surface area contributed by atoms with Crippen molar-refractivity contribution in [2.24, 2.45) is 0 Å². The summed E-state index contributed by atoms with van der Waals surface area (Å²) in [6, 6.07) is 0. The number of unbranched alkanes of at least 4 members (excludes halogenated alkanes) is 2. The quantitative estimate of drug-likeness (QED) is 0.495. The molecule has 0 spiro atoms. The van der Waals surface area contributed by atoms with Gasteiger partial charge >= 0.3 is 0 Å². The molecule has 0 heterocycles. The smallest absolute Gasteiger partial charge is 0.0928 e. The second-order valence-electron chi connectivity index (χ2n) is 1.97. The van der Waals surface area contributed by atoms with E-state index in [2.05, 4.69) is 13.5 Å². The van der Waals surface area contributed by atoms with Crippen LogP contribution in [0.1, 0.15) is 32.6 Å². The van der Waals surface area contributed by atoms with Crippen molar-refractivity contribution in [1.29, 1.82) is 0 Å². The molecule has 0 aromatic rings. The van der Waals surface area contributed by atoms with E-state index in [0.29, 0.717) is 6.42 Å². The van der Waals surface area contributed by atoms with Gasteiger partial charge in [0.15, 0.2) is 0 Å². The van der Waals surface area contributed by atoms with E-state index in [4.69, 9.17) is 0 Å². The molecule has 0 atom stereocenters. The van der Waals surface area contributed by atoms with Gasteiger partial charge < -0.3 is 0 Å². The van der Waals surface area contributed by atoms with E-state index in [9.17, 15) is 4.39 Å². The summed E-state index contributed by atoms with van der Waals surface area (Å²) in [4.78, 5) is 0. The molecule has 1 heteroatoms. The van der Waals surface area contributed by atoms with E-state index < -0.39 is 0 Å². The molecule has 0 saturated carbocycles. The van der Waals surface area contributed by atoms with E-state index in [-0.39, 0.29) is 5.83 Å². The van der Waals surface area contributed by atoms with Crippen molar-refractivity contribution in [2.45, 2.75) is 32.6 Å². The highest BCUT2D eigenvalue weighted by atomic mass is 19.1. The van der Waals surface area contributed by atoms with Crippen LogP contribution in [0.5, 0.6) is 0 Å². The zero-order valence-corrected chi connectivity index (χ0v) is 5.41. The molecule has 0 aliphatic carbocycles. The zero-order chi connectivity index (χ0) is 6.41. The standard InChI is InChI=1S/C7H13F/c1-3-4-5-6-7(2)8/h2-6H2,1H3. The molecule has 0 aliphatic rings. The van der Waals surface area contributed by atoms with Gasteiger partial charge in [-0.05, 0) is 12.8 Å². The Hall–Kier alpha value is -0.330. The maximum absolute atomic E-state index is 11.8. The molecule has 48 valence electrons. The molecule has 0 N–H and O–H groups in total. The van der Waals surface area contributed by atoms with Gasteiger partial charge in [-0.15, -0.1) is 0 Å². The number of rotatable bonds is 4. The van der Waals surface area contributed by atoms with Crippen LogP contribution in [0.25, 0.3) is 0 Å². The van der Waals surface area contributed by atoms with Gasteiger partial charge in [0, 0.05) is 0 Å². The summed E-state index contributed by atoms with van der Waals surface area (Å²) < 4.78 is 11.8. The average Bonchev–Trinajstić information content (AvgIpc) is 1.66. The minimum absolute atomic E-state index is 0.182. The normalized spacial score (nSPS) is 9.25. The van der Waals surface area contributed by atoms with Crippen molar-refractivity contribution in [1.82, 2.24) is 0 Å². The molecule has 0 saturated heterocycles. The molecule has 0 aliphatic heterocycles. The van der Waals surface area contributed by atoms with Crippen LogP contribution in [0.3, 0.4) is 0 Å². The van der Waals surface area contributed by atoms with Crippen LogP contribution in [0.15, 0.2) is 12.4 Å². The van der Waals surface area contributed by atoms with E-state index >= 15 is 0 Å². The first-order valence-electron chi connectivity index (χ1n) is 3.10. The Morgan fingerprint density at radius 3 is 2.50 bits per heavy atom. The van der Waals surface area contributed by atoms with Gasteiger partial charge in [0.1, 0.15) is 0 Å². The third-order valence-electron chi connectivity index (χ3n) is 1.05. The maximum Gasteiger partial charge on any atom is 0.0928 e. The second-order valence-corrected chi connectivity index (χ2v) is 1.97. The molecule has 8 heavy (non-hydrogen) atoms.